The van der Waals surface area contributed by atoms with Gasteiger partial charge in [-0.3, -0.25) is 9.48 Å². The average Bonchev–Trinajstić information content (AvgIpc) is 3.12. The van der Waals surface area contributed by atoms with Gasteiger partial charge in [0.2, 0.25) is 0 Å². The Kier molecular flexibility index (Phi) is 4.03. The number of amides is 1. The van der Waals surface area contributed by atoms with Crippen LogP contribution in [0.5, 0.6) is 0 Å². The lowest BCUT2D eigenvalue weighted by atomic mass is 10.1. The maximum Gasteiger partial charge on any atom is 0.265 e. The number of benzene rings is 1. The second-order valence-corrected chi connectivity index (χ2v) is 6.13. The van der Waals surface area contributed by atoms with Crippen molar-refractivity contribution >= 4 is 34.5 Å². The molecule has 6 heteroatoms. The van der Waals surface area contributed by atoms with Crippen molar-refractivity contribution in [2.24, 2.45) is 0 Å². The van der Waals surface area contributed by atoms with Crippen LogP contribution < -0.4 is 5.32 Å². The van der Waals surface area contributed by atoms with Gasteiger partial charge in [-0.15, -0.1) is 11.3 Å². The number of nitrogens with one attached hydrogen (secondary N) is 1. The highest BCUT2D eigenvalue weighted by Crippen LogP contribution is 2.23. The molecule has 1 aromatic carbocycles. The molecule has 0 unspecified atom stereocenters. The van der Waals surface area contributed by atoms with Gasteiger partial charge in [-0.2, -0.15) is 5.10 Å². The standard InChI is InChI=1S/C15H12ClN3OS/c16-14-7-6-13(21-14)15(20)18-12-5-2-1-4-11(12)10-19-9-3-8-17-19/h1-9H,10H2,(H,18,20). The van der Waals surface area contributed by atoms with Crippen molar-refractivity contribution in [1.82, 2.24) is 9.78 Å². The van der Waals surface area contributed by atoms with Crippen LogP contribution in [-0.4, -0.2) is 15.7 Å². The molecule has 2 aromatic heterocycles. The molecule has 0 atom stereocenters. The van der Waals surface area contributed by atoms with Crippen LogP contribution in [0.15, 0.2) is 54.9 Å². The lowest BCUT2D eigenvalue weighted by Crippen LogP contribution is -2.13. The maximum absolute atomic E-state index is 12.2. The number of hydrogen-bond donors (Lipinski definition) is 1. The zero-order chi connectivity index (χ0) is 14.7. The van der Waals surface area contributed by atoms with Crippen LogP contribution in [0.2, 0.25) is 4.34 Å². The second kappa shape index (κ2) is 6.11. The summed E-state index contributed by atoms with van der Waals surface area (Å²) in [5.41, 5.74) is 1.78. The highest BCUT2D eigenvalue weighted by Gasteiger charge is 2.11. The number of aromatic nitrogens is 2. The maximum atomic E-state index is 12.2. The molecule has 1 amide bonds. The van der Waals surface area contributed by atoms with Crippen molar-refractivity contribution in [3.8, 4) is 0 Å². The van der Waals surface area contributed by atoms with Crippen LogP contribution in [-0.2, 0) is 6.54 Å². The fourth-order valence-corrected chi connectivity index (χ4v) is 2.91. The molecule has 0 saturated heterocycles. The fourth-order valence-electron chi connectivity index (χ4n) is 1.97. The van der Waals surface area contributed by atoms with E-state index < -0.39 is 0 Å². The third kappa shape index (κ3) is 3.32. The van der Waals surface area contributed by atoms with E-state index in [0.29, 0.717) is 15.8 Å². The van der Waals surface area contributed by atoms with Crippen molar-refractivity contribution in [2.75, 3.05) is 5.32 Å². The molecule has 2 heterocycles. The normalized spacial score (nSPS) is 10.5. The first kappa shape index (κ1) is 13.9. The fraction of sp³-hybridized carbons (Fsp3) is 0.0667. The van der Waals surface area contributed by atoms with E-state index in [1.807, 2.05) is 41.2 Å². The molecule has 4 nitrogen and oxygen atoms in total. The molecule has 0 aliphatic heterocycles. The highest BCUT2D eigenvalue weighted by molar-refractivity contribution is 7.18. The molecule has 0 aliphatic rings. The Bertz CT molecular complexity index is 752. The summed E-state index contributed by atoms with van der Waals surface area (Å²) in [6, 6.07) is 13.0. The van der Waals surface area contributed by atoms with Crippen molar-refractivity contribution in [2.45, 2.75) is 6.54 Å². The van der Waals surface area contributed by atoms with Crippen LogP contribution in [0.3, 0.4) is 0 Å². The number of halogens is 1. The van der Waals surface area contributed by atoms with E-state index in [9.17, 15) is 4.79 Å². The summed E-state index contributed by atoms with van der Waals surface area (Å²) in [6.45, 7) is 0.606. The van der Waals surface area contributed by atoms with Gasteiger partial charge in [-0.1, -0.05) is 29.8 Å². The van der Waals surface area contributed by atoms with Crippen molar-refractivity contribution in [3.63, 3.8) is 0 Å². The Morgan fingerprint density at radius 1 is 1.24 bits per heavy atom. The van der Waals surface area contributed by atoms with Crippen LogP contribution >= 0.6 is 22.9 Å². The number of hydrogen-bond acceptors (Lipinski definition) is 3. The summed E-state index contributed by atoms with van der Waals surface area (Å²) in [5.74, 6) is -0.153. The molecule has 1 N–H and O–H groups in total. The lowest BCUT2D eigenvalue weighted by molar-refractivity contribution is 0.103. The molecule has 3 rings (SSSR count). The van der Waals surface area contributed by atoms with E-state index in [-0.39, 0.29) is 5.91 Å². The molecule has 3 aromatic rings. The number of para-hydroxylation sites is 1. The van der Waals surface area contributed by atoms with Gasteiger partial charge < -0.3 is 5.32 Å². The molecule has 0 bridgehead atoms. The third-order valence-corrected chi connectivity index (χ3v) is 4.18. The van der Waals surface area contributed by atoms with Gasteiger partial charge in [-0.05, 0) is 29.8 Å². The van der Waals surface area contributed by atoms with Gasteiger partial charge in [0.15, 0.2) is 0 Å². The predicted octanol–water partition coefficient (Wildman–Crippen LogP) is 3.90. The third-order valence-electron chi connectivity index (χ3n) is 2.95. The minimum atomic E-state index is -0.153. The van der Waals surface area contributed by atoms with E-state index >= 15 is 0 Å². The molecule has 21 heavy (non-hydrogen) atoms. The largest absolute Gasteiger partial charge is 0.321 e. The smallest absolute Gasteiger partial charge is 0.265 e. The number of carbonyl (C=O) groups is 1. The van der Waals surface area contributed by atoms with E-state index in [4.69, 9.17) is 11.6 Å². The molecule has 0 saturated carbocycles. The summed E-state index contributed by atoms with van der Waals surface area (Å²) in [7, 11) is 0. The summed E-state index contributed by atoms with van der Waals surface area (Å²) >= 11 is 7.12. The van der Waals surface area contributed by atoms with Crippen molar-refractivity contribution in [1.29, 1.82) is 0 Å². The van der Waals surface area contributed by atoms with E-state index in [2.05, 4.69) is 10.4 Å². The van der Waals surface area contributed by atoms with Gasteiger partial charge in [0.05, 0.1) is 15.8 Å². The van der Waals surface area contributed by atoms with Crippen molar-refractivity contribution in [3.05, 3.63) is 69.6 Å². The quantitative estimate of drug-likeness (QED) is 0.793. The Labute approximate surface area is 131 Å². The van der Waals surface area contributed by atoms with Gasteiger partial charge in [0.1, 0.15) is 0 Å². The Hall–Kier alpha value is -2.11. The number of thiophene rings is 1. The van der Waals surface area contributed by atoms with Crippen molar-refractivity contribution < 1.29 is 4.79 Å². The summed E-state index contributed by atoms with van der Waals surface area (Å²) in [5, 5.41) is 7.11. The topological polar surface area (TPSA) is 46.9 Å². The monoisotopic (exact) mass is 317 g/mol. The second-order valence-electron chi connectivity index (χ2n) is 4.42. The minimum absolute atomic E-state index is 0.153. The molecule has 0 aliphatic carbocycles. The molecule has 0 radical (unpaired) electrons. The highest BCUT2D eigenvalue weighted by atomic mass is 35.5. The van der Waals surface area contributed by atoms with Crippen LogP contribution in [0.25, 0.3) is 0 Å². The molecule has 0 spiro atoms. The van der Waals surface area contributed by atoms with Gasteiger partial charge in [0, 0.05) is 18.1 Å². The van der Waals surface area contributed by atoms with E-state index in [1.165, 1.54) is 11.3 Å². The summed E-state index contributed by atoms with van der Waals surface area (Å²) in [4.78, 5) is 12.8. The minimum Gasteiger partial charge on any atom is -0.321 e. The van der Waals surface area contributed by atoms with Crippen LogP contribution in [0.1, 0.15) is 15.2 Å². The number of nitrogens with zero attached hydrogens (tertiary/aromatic N) is 2. The predicted molar refractivity (Wildman–Crippen MR) is 85.1 cm³/mol. The lowest BCUT2D eigenvalue weighted by Gasteiger charge is -2.10. The average molecular weight is 318 g/mol. The van der Waals surface area contributed by atoms with Gasteiger partial charge in [-0.25, -0.2) is 0 Å². The summed E-state index contributed by atoms with van der Waals surface area (Å²) < 4.78 is 2.41. The first-order chi connectivity index (χ1) is 10.2. The zero-order valence-corrected chi connectivity index (χ0v) is 12.6. The number of rotatable bonds is 4. The van der Waals surface area contributed by atoms with Crippen LogP contribution in [0, 0.1) is 0 Å². The Balaban J connectivity index is 1.80. The Morgan fingerprint density at radius 2 is 2.10 bits per heavy atom. The number of anilines is 1. The first-order valence-corrected chi connectivity index (χ1v) is 7.54. The van der Waals surface area contributed by atoms with Gasteiger partial charge in [0.25, 0.3) is 5.91 Å². The van der Waals surface area contributed by atoms with E-state index in [0.717, 1.165) is 11.3 Å². The van der Waals surface area contributed by atoms with Gasteiger partial charge >= 0.3 is 0 Å². The molecule has 106 valence electrons. The molecular formula is C15H12ClN3OS. The van der Waals surface area contributed by atoms with Crippen LogP contribution in [0.4, 0.5) is 5.69 Å². The van der Waals surface area contributed by atoms with E-state index in [1.54, 1.807) is 18.3 Å². The molecular weight excluding hydrogens is 306 g/mol. The Morgan fingerprint density at radius 3 is 2.81 bits per heavy atom. The number of carbonyl (C=O) groups excluding carboxylic acids is 1. The SMILES string of the molecule is O=C(Nc1ccccc1Cn1cccn1)c1ccc(Cl)s1. The summed E-state index contributed by atoms with van der Waals surface area (Å²) in [6.07, 6.45) is 3.62. The zero-order valence-electron chi connectivity index (χ0n) is 11.0. The first-order valence-electron chi connectivity index (χ1n) is 6.34. The molecule has 0 fully saturated rings.